The highest BCUT2D eigenvalue weighted by molar-refractivity contribution is 6.03. The van der Waals surface area contributed by atoms with E-state index in [-0.39, 0.29) is 19.8 Å². The fourth-order valence-electron chi connectivity index (χ4n) is 3.28. The van der Waals surface area contributed by atoms with Crippen LogP contribution in [-0.4, -0.2) is 44.1 Å². The maximum atomic E-state index is 12.6. The summed E-state index contributed by atoms with van der Waals surface area (Å²) in [5.74, 6) is -1.19. The first-order chi connectivity index (χ1) is 14.7. The molecule has 1 unspecified atom stereocenters. The molecule has 1 aliphatic rings. The predicted molar refractivity (Wildman–Crippen MR) is 114 cm³/mol. The number of hydrogen-bond donors (Lipinski definition) is 0. The lowest BCUT2D eigenvalue weighted by Crippen LogP contribution is -2.33. The zero-order valence-electron chi connectivity index (χ0n) is 17.2. The highest BCUT2D eigenvalue weighted by Gasteiger charge is 2.28. The van der Waals surface area contributed by atoms with E-state index in [9.17, 15) is 9.59 Å². The van der Waals surface area contributed by atoms with Gasteiger partial charge in [-0.3, -0.25) is 4.79 Å². The van der Waals surface area contributed by atoms with E-state index in [0.717, 1.165) is 37.2 Å². The largest absolute Gasteiger partial charge is 0.464 e. The number of ketones is 1. The molecule has 1 aliphatic heterocycles. The van der Waals surface area contributed by atoms with E-state index in [1.54, 1.807) is 6.92 Å². The molecule has 0 aliphatic carbocycles. The van der Waals surface area contributed by atoms with Gasteiger partial charge in [0.05, 0.1) is 18.9 Å². The number of rotatable bonds is 10. The molecular formula is C23H27N3O4. The van der Waals surface area contributed by atoms with Crippen molar-refractivity contribution in [2.24, 2.45) is 10.2 Å². The summed E-state index contributed by atoms with van der Waals surface area (Å²) in [5.41, 5.74) is 2.53. The Morgan fingerprint density at radius 2 is 1.73 bits per heavy atom. The van der Waals surface area contributed by atoms with Gasteiger partial charge < -0.3 is 14.4 Å². The van der Waals surface area contributed by atoms with Gasteiger partial charge in [-0.2, -0.15) is 10.2 Å². The van der Waals surface area contributed by atoms with Crippen LogP contribution in [0.3, 0.4) is 0 Å². The van der Waals surface area contributed by atoms with E-state index in [4.69, 9.17) is 9.47 Å². The number of anilines is 1. The second kappa shape index (κ2) is 11.2. The molecule has 2 aromatic rings. The molecule has 7 heteroatoms. The lowest BCUT2D eigenvalue weighted by Gasteiger charge is -2.19. The van der Waals surface area contributed by atoms with E-state index in [1.165, 1.54) is 0 Å². The van der Waals surface area contributed by atoms with Gasteiger partial charge in [0.1, 0.15) is 12.3 Å². The topological polar surface area (TPSA) is 80.6 Å². The minimum atomic E-state index is -1.34. The van der Waals surface area contributed by atoms with Crippen LogP contribution < -0.4 is 4.90 Å². The van der Waals surface area contributed by atoms with E-state index in [0.29, 0.717) is 5.69 Å². The fraction of sp³-hybridized carbons (Fsp3) is 0.391. The molecule has 0 N–H and O–H groups in total. The Morgan fingerprint density at radius 1 is 1.03 bits per heavy atom. The molecule has 158 valence electrons. The molecule has 30 heavy (non-hydrogen) atoms. The van der Waals surface area contributed by atoms with Crippen LogP contribution in [0.4, 0.5) is 11.4 Å². The normalized spacial score (nSPS) is 14.8. The Morgan fingerprint density at radius 3 is 2.47 bits per heavy atom. The van der Waals surface area contributed by atoms with Crippen molar-refractivity contribution in [3.8, 4) is 0 Å². The lowest BCUT2D eigenvalue weighted by atomic mass is 10.2. The number of Topliss-reactive ketones (excluding diaryl/α,β-unsaturated/α-hetero) is 1. The van der Waals surface area contributed by atoms with Crippen LogP contribution in [0.5, 0.6) is 0 Å². The van der Waals surface area contributed by atoms with Crippen molar-refractivity contribution >= 4 is 23.1 Å². The van der Waals surface area contributed by atoms with Crippen molar-refractivity contribution in [1.82, 2.24) is 0 Å². The van der Waals surface area contributed by atoms with Crippen molar-refractivity contribution in [3.05, 3.63) is 60.2 Å². The molecule has 0 saturated carbocycles. The molecule has 1 saturated heterocycles. The number of carbonyl (C=O) groups is 2. The second-order valence-corrected chi connectivity index (χ2v) is 7.00. The Bertz CT molecular complexity index is 864. The van der Waals surface area contributed by atoms with Crippen molar-refractivity contribution in [1.29, 1.82) is 0 Å². The summed E-state index contributed by atoms with van der Waals surface area (Å²) >= 11 is 0. The van der Waals surface area contributed by atoms with E-state index in [2.05, 4.69) is 15.1 Å². The summed E-state index contributed by atoms with van der Waals surface area (Å²) in [6.07, 6.45) is 2.27. The number of ether oxygens (including phenoxy) is 2. The summed E-state index contributed by atoms with van der Waals surface area (Å²) < 4.78 is 10.5. The molecule has 0 radical (unpaired) electrons. The first-order valence-corrected chi connectivity index (χ1v) is 10.2. The van der Waals surface area contributed by atoms with Crippen LogP contribution in [0.2, 0.25) is 0 Å². The quantitative estimate of drug-likeness (QED) is 0.335. The summed E-state index contributed by atoms with van der Waals surface area (Å²) in [5, 5.41) is 8.31. The molecule has 1 atom stereocenters. The second-order valence-electron chi connectivity index (χ2n) is 7.00. The van der Waals surface area contributed by atoms with Crippen LogP contribution in [-0.2, 0) is 25.7 Å². The Balaban J connectivity index is 1.69. The zero-order chi connectivity index (χ0) is 21.2. The molecule has 3 rings (SSSR count). The lowest BCUT2D eigenvalue weighted by molar-refractivity contribution is -0.148. The SMILES string of the molecule is CCOC(=O)C(N=Nc1ccccc1N1CCCC1)C(=O)COCc1ccccc1. The van der Waals surface area contributed by atoms with Gasteiger partial charge in [-0.05, 0) is 37.5 Å². The predicted octanol–water partition coefficient (Wildman–Crippen LogP) is 4.09. The molecule has 2 aromatic carbocycles. The minimum Gasteiger partial charge on any atom is -0.464 e. The summed E-state index contributed by atoms with van der Waals surface area (Å²) in [6.45, 7) is 3.79. The van der Waals surface area contributed by atoms with E-state index < -0.39 is 17.8 Å². The van der Waals surface area contributed by atoms with Crippen LogP contribution in [0, 0.1) is 0 Å². The third-order valence-corrected chi connectivity index (χ3v) is 4.78. The third-order valence-electron chi connectivity index (χ3n) is 4.78. The number of azo groups is 1. The molecule has 0 bridgehead atoms. The molecular weight excluding hydrogens is 382 g/mol. The third kappa shape index (κ3) is 5.97. The van der Waals surface area contributed by atoms with Gasteiger partial charge in [0.25, 0.3) is 0 Å². The van der Waals surface area contributed by atoms with Gasteiger partial charge in [-0.1, -0.05) is 42.5 Å². The zero-order valence-corrected chi connectivity index (χ0v) is 17.2. The number of para-hydroxylation sites is 1. The van der Waals surface area contributed by atoms with Crippen LogP contribution in [0.15, 0.2) is 64.8 Å². The standard InChI is InChI=1S/C23H27N3O4/c1-2-30-23(28)22(21(27)17-29-16-18-10-4-3-5-11-18)25-24-19-12-6-7-13-20(19)26-14-8-9-15-26/h3-7,10-13,22H,2,8-9,14-17H2,1H3. The van der Waals surface area contributed by atoms with Gasteiger partial charge in [-0.15, -0.1) is 0 Å². The number of hydrogen-bond acceptors (Lipinski definition) is 7. The van der Waals surface area contributed by atoms with Gasteiger partial charge in [0.2, 0.25) is 6.04 Å². The van der Waals surface area contributed by atoms with Crippen molar-refractivity contribution < 1.29 is 19.1 Å². The monoisotopic (exact) mass is 409 g/mol. The molecule has 7 nitrogen and oxygen atoms in total. The molecule has 0 aromatic heterocycles. The van der Waals surface area contributed by atoms with E-state index >= 15 is 0 Å². The van der Waals surface area contributed by atoms with Gasteiger partial charge in [0, 0.05) is 13.1 Å². The number of benzene rings is 2. The molecule has 1 fully saturated rings. The Hall–Kier alpha value is -3.06. The van der Waals surface area contributed by atoms with Gasteiger partial charge in [0.15, 0.2) is 5.78 Å². The van der Waals surface area contributed by atoms with E-state index in [1.807, 2.05) is 54.6 Å². The first-order valence-electron chi connectivity index (χ1n) is 10.2. The summed E-state index contributed by atoms with van der Waals surface area (Å²) in [7, 11) is 0. The summed E-state index contributed by atoms with van der Waals surface area (Å²) in [4.78, 5) is 27.2. The minimum absolute atomic E-state index is 0.160. The smallest absolute Gasteiger partial charge is 0.340 e. The molecule has 0 spiro atoms. The number of carbonyl (C=O) groups excluding carboxylic acids is 2. The first kappa shape index (κ1) is 21.6. The number of nitrogens with zero attached hydrogens (tertiary/aromatic N) is 3. The summed E-state index contributed by atoms with van der Waals surface area (Å²) in [6, 6.07) is 15.8. The van der Waals surface area contributed by atoms with Crippen molar-refractivity contribution in [2.45, 2.75) is 32.4 Å². The molecule has 0 amide bonds. The molecule has 1 heterocycles. The highest BCUT2D eigenvalue weighted by atomic mass is 16.5. The van der Waals surface area contributed by atoms with Crippen LogP contribution >= 0.6 is 0 Å². The van der Waals surface area contributed by atoms with Gasteiger partial charge in [-0.25, -0.2) is 4.79 Å². The van der Waals surface area contributed by atoms with Crippen LogP contribution in [0.1, 0.15) is 25.3 Å². The van der Waals surface area contributed by atoms with Crippen LogP contribution in [0.25, 0.3) is 0 Å². The van der Waals surface area contributed by atoms with Gasteiger partial charge >= 0.3 is 5.97 Å². The average molecular weight is 409 g/mol. The van der Waals surface area contributed by atoms with Crippen molar-refractivity contribution in [3.63, 3.8) is 0 Å². The highest BCUT2D eigenvalue weighted by Crippen LogP contribution is 2.31. The number of esters is 1. The van der Waals surface area contributed by atoms with Crippen molar-refractivity contribution in [2.75, 3.05) is 31.2 Å². The Kier molecular flexibility index (Phi) is 8.09. The maximum Gasteiger partial charge on any atom is 0.340 e. The average Bonchev–Trinajstić information content (AvgIpc) is 3.30. The maximum absolute atomic E-state index is 12.6. The Labute approximate surface area is 176 Å². The fourth-order valence-corrected chi connectivity index (χ4v) is 3.28.